The van der Waals surface area contributed by atoms with Gasteiger partial charge in [0.2, 0.25) is 5.91 Å². The number of halogens is 1. The summed E-state index contributed by atoms with van der Waals surface area (Å²) in [6, 6.07) is 1.87. The van der Waals surface area contributed by atoms with E-state index >= 15 is 0 Å². The predicted molar refractivity (Wildman–Crippen MR) is 68.3 cm³/mol. The van der Waals surface area contributed by atoms with Gasteiger partial charge in [0.25, 0.3) is 0 Å². The monoisotopic (exact) mass is 285 g/mol. The molecule has 0 atom stereocenters. The second-order valence-electron chi connectivity index (χ2n) is 4.54. The van der Waals surface area contributed by atoms with Gasteiger partial charge < -0.3 is 10.6 Å². The predicted octanol–water partition coefficient (Wildman–Crippen LogP) is 2.17. The van der Waals surface area contributed by atoms with Crippen LogP contribution >= 0.6 is 15.9 Å². The van der Waals surface area contributed by atoms with Crippen LogP contribution in [0, 0.1) is 0 Å². The summed E-state index contributed by atoms with van der Waals surface area (Å²) in [5, 5.41) is 5.87. The minimum absolute atomic E-state index is 0.0347. The molecule has 0 bridgehead atoms. The van der Waals surface area contributed by atoms with Crippen molar-refractivity contribution in [3.8, 4) is 0 Å². The minimum Gasteiger partial charge on any atom is -0.375 e. The molecule has 1 aromatic rings. The van der Waals surface area contributed by atoms with E-state index in [2.05, 4.69) is 31.5 Å². The molecule has 2 N–H and O–H groups in total. The zero-order valence-corrected chi connectivity index (χ0v) is 11.3. The molecule has 1 heterocycles. The van der Waals surface area contributed by atoms with Gasteiger partial charge in [-0.1, -0.05) is 0 Å². The second-order valence-corrected chi connectivity index (χ2v) is 5.46. The Morgan fingerprint density at radius 3 is 2.69 bits per heavy atom. The van der Waals surface area contributed by atoms with Crippen molar-refractivity contribution in [2.45, 2.75) is 26.3 Å². The van der Waals surface area contributed by atoms with Crippen molar-refractivity contribution in [3.05, 3.63) is 22.9 Å². The average Bonchev–Trinajstić information content (AvgIpc) is 2.12. The van der Waals surface area contributed by atoms with Gasteiger partial charge in [-0.05, 0) is 42.8 Å². The lowest BCUT2D eigenvalue weighted by Gasteiger charge is -2.20. The Morgan fingerprint density at radius 1 is 1.44 bits per heavy atom. The summed E-state index contributed by atoms with van der Waals surface area (Å²) in [5.41, 5.74) is 0.618. The number of carbonyl (C=O) groups is 1. The van der Waals surface area contributed by atoms with E-state index in [4.69, 9.17) is 0 Å². The fourth-order valence-corrected chi connectivity index (χ4v) is 1.52. The van der Waals surface area contributed by atoms with Crippen LogP contribution in [0.25, 0.3) is 0 Å². The highest BCUT2D eigenvalue weighted by molar-refractivity contribution is 9.10. The first kappa shape index (κ1) is 13.0. The third-order valence-electron chi connectivity index (χ3n) is 1.67. The van der Waals surface area contributed by atoms with E-state index < -0.39 is 0 Å². The van der Waals surface area contributed by atoms with Gasteiger partial charge in [0, 0.05) is 16.2 Å². The number of nitrogens with one attached hydrogen (secondary N) is 2. The number of amides is 1. The van der Waals surface area contributed by atoms with E-state index in [1.165, 1.54) is 0 Å². The van der Waals surface area contributed by atoms with Crippen LogP contribution in [-0.4, -0.2) is 23.0 Å². The molecule has 4 nitrogen and oxygen atoms in total. The number of hydrogen-bond donors (Lipinski definition) is 2. The molecule has 0 saturated heterocycles. The van der Waals surface area contributed by atoms with Gasteiger partial charge in [0.15, 0.2) is 0 Å². The fourth-order valence-electron chi connectivity index (χ4n) is 1.15. The highest BCUT2D eigenvalue weighted by Crippen LogP contribution is 2.13. The maximum Gasteiger partial charge on any atom is 0.239 e. The van der Waals surface area contributed by atoms with Crippen molar-refractivity contribution in [1.82, 2.24) is 10.3 Å². The van der Waals surface area contributed by atoms with Gasteiger partial charge >= 0.3 is 0 Å². The largest absolute Gasteiger partial charge is 0.375 e. The molecule has 1 amide bonds. The molecule has 16 heavy (non-hydrogen) atoms. The summed E-state index contributed by atoms with van der Waals surface area (Å²) >= 11 is 3.31. The van der Waals surface area contributed by atoms with Gasteiger partial charge in [0.1, 0.15) is 0 Å². The van der Waals surface area contributed by atoms with Crippen molar-refractivity contribution in [2.75, 3.05) is 11.9 Å². The van der Waals surface area contributed by atoms with Gasteiger partial charge in [-0.3, -0.25) is 9.78 Å². The summed E-state index contributed by atoms with van der Waals surface area (Å²) in [6.45, 7) is 6.10. The van der Waals surface area contributed by atoms with E-state index in [0.29, 0.717) is 0 Å². The van der Waals surface area contributed by atoms with Crippen molar-refractivity contribution in [2.24, 2.45) is 0 Å². The topological polar surface area (TPSA) is 54.0 Å². The Hall–Kier alpha value is -1.10. The lowest BCUT2D eigenvalue weighted by molar-refractivity contribution is -0.120. The lowest BCUT2D eigenvalue weighted by Crippen LogP contribution is -2.43. The Kier molecular flexibility index (Phi) is 4.29. The van der Waals surface area contributed by atoms with E-state index in [-0.39, 0.29) is 18.0 Å². The normalized spacial score (nSPS) is 11.0. The molecule has 0 fully saturated rings. The second kappa shape index (κ2) is 5.30. The van der Waals surface area contributed by atoms with Crippen LogP contribution in [-0.2, 0) is 4.79 Å². The number of carbonyl (C=O) groups excluding carboxylic acids is 1. The van der Waals surface area contributed by atoms with Gasteiger partial charge in [-0.15, -0.1) is 0 Å². The van der Waals surface area contributed by atoms with Crippen LogP contribution in [0.1, 0.15) is 20.8 Å². The van der Waals surface area contributed by atoms with Crippen molar-refractivity contribution in [1.29, 1.82) is 0 Å². The highest BCUT2D eigenvalue weighted by Gasteiger charge is 2.12. The van der Waals surface area contributed by atoms with Gasteiger partial charge in [0.05, 0.1) is 18.4 Å². The molecule has 0 aliphatic carbocycles. The Balaban J connectivity index is 2.43. The summed E-state index contributed by atoms with van der Waals surface area (Å²) in [7, 11) is 0. The molecule has 1 aromatic heterocycles. The lowest BCUT2D eigenvalue weighted by atomic mass is 10.1. The molecule has 0 aromatic carbocycles. The highest BCUT2D eigenvalue weighted by atomic mass is 79.9. The van der Waals surface area contributed by atoms with Crippen molar-refractivity contribution >= 4 is 27.5 Å². The molecule has 0 spiro atoms. The Bertz CT molecular complexity index is 374. The minimum atomic E-state index is -0.200. The molecule has 0 saturated carbocycles. The number of pyridine rings is 1. The molecule has 1 rings (SSSR count). The smallest absolute Gasteiger partial charge is 0.239 e. The fraction of sp³-hybridized carbons (Fsp3) is 0.455. The Morgan fingerprint density at radius 2 is 2.12 bits per heavy atom. The summed E-state index contributed by atoms with van der Waals surface area (Å²) in [5.74, 6) is -0.0347. The van der Waals surface area contributed by atoms with E-state index in [1.807, 2.05) is 26.8 Å². The number of hydrogen-bond acceptors (Lipinski definition) is 3. The molecule has 0 aliphatic heterocycles. The number of rotatable bonds is 3. The van der Waals surface area contributed by atoms with Crippen LogP contribution in [0.2, 0.25) is 0 Å². The van der Waals surface area contributed by atoms with Gasteiger partial charge in [-0.25, -0.2) is 0 Å². The van der Waals surface area contributed by atoms with Crippen molar-refractivity contribution < 1.29 is 4.79 Å². The molecule has 0 radical (unpaired) electrons. The SMILES string of the molecule is CC(C)(C)NC(=O)CNc1cncc(Br)c1. The third kappa shape index (κ3) is 5.11. The van der Waals surface area contributed by atoms with E-state index in [0.717, 1.165) is 10.2 Å². The molecule has 5 heteroatoms. The van der Waals surface area contributed by atoms with E-state index in [1.54, 1.807) is 12.4 Å². The van der Waals surface area contributed by atoms with Crippen molar-refractivity contribution in [3.63, 3.8) is 0 Å². The molecule has 0 aliphatic rings. The molecular formula is C11H16BrN3O. The average molecular weight is 286 g/mol. The summed E-state index contributed by atoms with van der Waals surface area (Å²) in [4.78, 5) is 15.5. The van der Waals surface area contributed by atoms with Crippen LogP contribution in [0.4, 0.5) is 5.69 Å². The first-order valence-electron chi connectivity index (χ1n) is 5.02. The zero-order valence-electron chi connectivity index (χ0n) is 9.67. The summed E-state index contributed by atoms with van der Waals surface area (Å²) in [6.07, 6.45) is 3.37. The quantitative estimate of drug-likeness (QED) is 0.895. The number of nitrogens with zero attached hydrogens (tertiary/aromatic N) is 1. The first-order chi connectivity index (χ1) is 7.37. The van der Waals surface area contributed by atoms with Gasteiger partial charge in [-0.2, -0.15) is 0 Å². The third-order valence-corrected chi connectivity index (χ3v) is 2.11. The number of anilines is 1. The Labute approximate surface area is 104 Å². The molecular weight excluding hydrogens is 270 g/mol. The first-order valence-corrected chi connectivity index (χ1v) is 5.81. The molecule has 88 valence electrons. The van der Waals surface area contributed by atoms with Crippen LogP contribution in [0.5, 0.6) is 0 Å². The maximum atomic E-state index is 11.5. The van der Waals surface area contributed by atoms with Crippen LogP contribution in [0.3, 0.4) is 0 Å². The van der Waals surface area contributed by atoms with Crippen LogP contribution in [0.15, 0.2) is 22.9 Å². The molecule has 0 unspecified atom stereocenters. The zero-order chi connectivity index (χ0) is 12.2. The standard InChI is InChI=1S/C11H16BrN3O/c1-11(2,3)15-10(16)7-14-9-4-8(12)5-13-6-9/h4-6,14H,7H2,1-3H3,(H,15,16). The summed E-state index contributed by atoms with van der Waals surface area (Å²) < 4.78 is 0.883. The number of aromatic nitrogens is 1. The van der Waals surface area contributed by atoms with E-state index in [9.17, 15) is 4.79 Å². The van der Waals surface area contributed by atoms with Crippen LogP contribution < -0.4 is 10.6 Å². The maximum absolute atomic E-state index is 11.5.